The molecule has 0 saturated heterocycles. The van der Waals surface area contributed by atoms with Crippen molar-refractivity contribution in [1.29, 1.82) is 0 Å². The van der Waals surface area contributed by atoms with Gasteiger partial charge >= 0.3 is 5.97 Å². The summed E-state index contributed by atoms with van der Waals surface area (Å²) in [4.78, 5) is 10.7. The maximum atomic E-state index is 10.7. The standard InChI is InChI=1S/C7H12O3/c1-7(3-5(7)8)4-6(9)10-2/h5,8H,3-4H2,1-2H3. The highest BCUT2D eigenvalue weighted by molar-refractivity contribution is 5.70. The molecule has 2 atom stereocenters. The Morgan fingerprint density at radius 1 is 1.90 bits per heavy atom. The van der Waals surface area contributed by atoms with Crippen LogP contribution in [0.15, 0.2) is 0 Å². The third-order valence-corrected chi connectivity index (χ3v) is 2.08. The Morgan fingerprint density at radius 2 is 2.40 bits per heavy atom. The van der Waals surface area contributed by atoms with E-state index in [4.69, 9.17) is 5.11 Å². The molecule has 0 aromatic rings. The summed E-state index contributed by atoms with van der Waals surface area (Å²) in [5.74, 6) is -0.237. The lowest BCUT2D eigenvalue weighted by Crippen LogP contribution is -2.10. The fourth-order valence-corrected chi connectivity index (χ4v) is 0.975. The molecule has 1 rings (SSSR count). The molecule has 0 bridgehead atoms. The maximum absolute atomic E-state index is 10.7. The fraction of sp³-hybridized carbons (Fsp3) is 0.857. The molecular weight excluding hydrogens is 132 g/mol. The van der Waals surface area contributed by atoms with Gasteiger partial charge in [-0.1, -0.05) is 6.92 Å². The molecule has 0 heterocycles. The van der Waals surface area contributed by atoms with E-state index in [1.807, 2.05) is 6.92 Å². The van der Waals surface area contributed by atoms with E-state index in [0.717, 1.165) is 6.42 Å². The van der Waals surface area contributed by atoms with Crippen LogP contribution in [0.2, 0.25) is 0 Å². The fourth-order valence-electron chi connectivity index (χ4n) is 0.975. The molecular formula is C7H12O3. The van der Waals surface area contributed by atoms with Crippen LogP contribution in [0.5, 0.6) is 0 Å². The summed E-state index contributed by atoms with van der Waals surface area (Å²) in [6, 6.07) is 0. The maximum Gasteiger partial charge on any atom is 0.306 e. The molecule has 3 heteroatoms. The van der Waals surface area contributed by atoms with Gasteiger partial charge in [0.25, 0.3) is 0 Å². The van der Waals surface area contributed by atoms with Crippen molar-refractivity contribution >= 4 is 5.97 Å². The van der Waals surface area contributed by atoms with Gasteiger partial charge in [-0.25, -0.2) is 0 Å². The van der Waals surface area contributed by atoms with Crippen LogP contribution in [0.3, 0.4) is 0 Å². The SMILES string of the molecule is COC(=O)CC1(C)CC1O. The van der Waals surface area contributed by atoms with Gasteiger partial charge in [-0.05, 0) is 6.42 Å². The van der Waals surface area contributed by atoms with Crippen molar-refractivity contribution < 1.29 is 14.6 Å². The molecule has 1 aliphatic carbocycles. The molecule has 0 spiro atoms. The van der Waals surface area contributed by atoms with Gasteiger partial charge in [0, 0.05) is 5.41 Å². The molecule has 0 aromatic heterocycles. The molecule has 0 aliphatic heterocycles. The van der Waals surface area contributed by atoms with Crippen LogP contribution in [0.25, 0.3) is 0 Å². The number of aliphatic hydroxyl groups is 1. The predicted octanol–water partition coefficient (Wildman–Crippen LogP) is 0.320. The second kappa shape index (κ2) is 2.23. The van der Waals surface area contributed by atoms with E-state index >= 15 is 0 Å². The number of hydrogen-bond donors (Lipinski definition) is 1. The Kier molecular flexibility index (Phi) is 1.68. The van der Waals surface area contributed by atoms with Crippen molar-refractivity contribution in [2.45, 2.75) is 25.9 Å². The third-order valence-electron chi connectivity index (χ3n) is 2.08. The van der Waals surface area contributed by atoms with Crippen LogP contribution < -0.4 is 0 Å². The zero-order valence-electron chi connectivity index (χ0n) is 6.26. The highest BCUT2D eigenvalue weighted by Crippen LogP contribution is 2.48. The monoisotopic (exact) mass is 144 g/mol. The number of rotatable bonds is 2. The second-order valence-electron chi connectivity index (χ2n) is 3.13. The first-order chi connectivity index (χ1) is 4.58. The number of aliphatic hydroxyl groups excluding tert-OH is 1. The zero-order chi connectivity index (χ0) is 7.78. The van der Waals surface area contributed by atoms with Gasteiger partial charge in [0.2, 0.25) is 0 Å². The summed E-state index contributed by atoms with van der Waals surface area (Å²) in [6.45, 7) is 1.88. The topological polar surface area (TPSA) is 46.5 Å². The lowest BCUT2D eigenvalue weighted by molar-refractivity contribution is -0.142. The molecule has 2 unspecified atom stereocenters. The summed E-state index contributed by atoms with van der Waals surface area (Å²) >= 11 is 0. The van der Waals surface area contributed by atoms with E-state index in [-0.39, 0.29) is 17.5 Å². The third kappa shape index (κ3) is 1.29. The molecule has 10 heavy (non-hydrogen) atoms. The van der Waals surface area contributed by atoms with Crippen LogP contribution >= 0.6 is 0 Å². The van der Waals surface area contributed by atoms with Crippen molar-refractivity contribution in [2.24, 2.45) is 5.41 Å². The Hall–Kier alpha value is -0.570. The van der Waals surface area contributed by atoms with Crippen LogP contribution in [-0.2, 0) is 9.53 Å². The first kappa shape index (κ1) is 7.54. The highest BCUT2D eigenvalue weighted by atomic mass is 16.5. The summed E-state index contributed by atoms with van der Waals surface area (Å²) in [5, 5.41) is 9.02. The normalized spacial score (nSPS) is 37.3. The van der Waals surface area contributed by atoms with Gasteiger partial charge in [-0.2, -0.15) is 0 Å². The van der Waals surface area contributed by atoms with Gasteiger partial charge in [-0.15, -0.1) is 0 Å². The molecule has 1 aliphatic rings. The predicted molar refractivity (Wildman–Crippen MR) is 35.4 cm³/mol. The average molecular weight is 144 g/mol. The minimum Gasteiger partial charge on any atom is -0.469 e. The molecule has 58 valence electrons. The van der Waals surface area contributed by atoms with Crippen molar-refractivity contribution in [1.82, 2.24) is 0 Å². The van der Waals surface area contributed by atoms with E-state index in [1.54, 1.807) is 0 Å². The smallest absolute Gasteiger partial charge is 0.306 e. The number of carbonyl (C=O) groups excluding carboxylic acids is 1. The van der Waals surface area contributed by atoms with Crippen molar-refractivity contribution in [3.63, 3.8) is 0 Å². The summed E-state index contributed by atoms with van der Waals surface area (Å²) < 4.78 is 4.46. The first-order valence-corrected chi connectivity index (χ1v) is 3.33. The molecule has 0 aromatic carbocycles. The molecule has 1 fully saturated rings. The average Bonchev–Trinajstić information content (AvgIpc) is 2.40. The number of carbonyl (C=O) groups is 1. The van der Waals surface area contributed by atoms with Crippen LogP contribution in [0.1, 0.15) is 19.8 Å². The second-order valence-corrected chi connectivity index (χ2v) is 3.13. The molecule has 1 saturated carbocycles. The number of esters is 1. The van der Waals surface area contributed by atoms with Crippen molar-refractivity contribution in [3.05, 3.63) is 0 Å². The number of ether oxygens (including phenoxy) is 1. The van der Waals surface area contributed by atoms with Gasteiger partial charge < -0.3 is 9.84 Å². The quantitative estimate of drug-likeness (QED) is 0.568. The Morgan fingerprint density at radius 3 is 2.70 bits per heavy atom. The van der Waals surface area contributed by atoms with Gasteiger partial charge in [0.15, 0.2) is 0 Å². The lowest BCUT2D eigenvalue weighted by atomic mass is 10.1. The Labute approximate surface area is 60.0 Å². The van der Waals surface area contributed by atoms with Gasteiger partial charge in [0.1, 0.15) is 0 Å². The molecule has 0 amide bonds. The largest absolute Gasteiger partial charge is 0.469 e. The van der Waals surface area contributed by atoms with Crippen LogP contribution in [0, 0.1) is 5.41 Å². The first-order valence-electron chi connectivity index (χ1n) is 3.33. The number of hydrogen-bond acceptors (Lipinski definition) is 3. The van der Waals surface area contributed by atoms with E-state index in [2.05, 4.69) is 4.74 Å². The van der Waals surface area contributed by atoms with Crippen molar-refractivity contribution in [3.8, 4) is 0 Å². The van der Waals surface area contributed by atoms with Gasteiger partial charge in [-0.3, -0.25) is 4.79 Å². The Balaban J connectivity index is 2.33. The van der Waals surface area contributed by atoms with E-state index in [9.17, 15) is 4.79 Å². The van der Waals surface area contributed by atoms with Crippen LogP contribution in [0.4, 0.5) is 0 Å². The molecule has 0 radical (unpaired) electrons. The molecule has 1 N–H and O–H groups in total. The zero-order valence-corrected chi connectivity index (χ0v) is 6.26. The Bertz CT molecular complexity index is 155. The molecule has 3 nitrogen and oxygen atoms in total. The lowest BCUT2D eigenvalue weighted by Gasteiger charge is -2.05. The van der Waals surface area contributed by atoms with E-state index in [1.165, 1.54) is 7.11 Å². The minimum atomic E-state index is -0.299. The number of methoxy groups -OCH3 is 1. The summed E-state index contributed by atoms with van der Waals surface area (Å²) in [6.07, 6.45) is 0.763. The summed E-state index contributed by atoms with van der Waals surface area (Å²) in [5.41, 5.74) is -0.187. The summed E-state index contributed by atoms with van der Waals surface area (Å²) in [7, 11) is 1.36. The highest BCUT2D eigenvalue weighted by Gasteiger charge is 2.50. The van der Waals surface area contributed by atoms with Gasteiger partial charge in [0.05, 0.1) is 19.6 Å². The van der Waals surface area contributed by atoms with E-state index in [0.29, 0.717) is 6.42 Å². The van der Waals surface area contributed by atoms with Crippen LogP contribution in [-0.4, -0.2) is 24.3 Å². The van der Waals surface area contributed by atoms with Crippen molar-refractivity contribution in [2.75, 3.05) is 7.11 Å². The minimum absolute atomic E-state index is 0.187. The van der Waals surface area contributed by atoms with E-state index < -0.39 is 0 Å².